The van der Waals surface area contributed by atoms with Gasteiger partial charge < -0.3 is 11.5 Å². The summed E-state index contributed by atoms with van der Waals surface area (Å²) in [6.07, 6.45) is 14.8. The fraction of sp³-hybridized carbons (Fsp3) is 0.429. The van der Waals surface area contributed by atoms with Crippen LogP contribution in [0.1, 0.15) is 134 Å². The maximum Gasteiger partial charge on any atom is 0.0316 e. The van der Waals surface area contributed by atoms with Crippen LogP contribution < -0.4 is 11.5 Å². The third-order valence-electron chi connectivity index (χ3n) is 9.50. The summed E-state index contributed by atoms with van der Waals surface area (Å²) >= 11 is 0. The molecule has 2 heteroatoms. The molecule has 4 rings (SSSR count). The van der Waals surface area contributed by atoms with Crippen molar-refractivity contribution in [2.24, 2.45) is 0 Å². The molecule has 2 nitrogen and oxygen atoms in total. The van der Waals surface area contributed by atoms with Gasteiger partial charge in [-0.3, -0.25) is 0 Å². The molecule has 0 saturated heterocycles. The fourth-order valence-corrected chi connectivity index (χ4v) is 6.86. The third kappa shape index (κ3) is 9.49. The molecule has 4 N–H and O–H groups in total. The standard InChI is InChI=1S/C42H56N2/c1-5-7-9-11-13-41(39-27-25-37(43)29-31(39)3)35-21-17-33(18-22-35)15-16-34-19-23-36(24-20-34)42(14-12-10-8-6-2)40-28-26-38(44)30-32(40)4/h17-30,41-42H,5-16,43-44H2,1-4H3. The van der Waals surface area contributed by atoms with Crippen LogP contribution in [0.5, 0.6) is 0 Å². The molecule has 2 unspecified atom stereocenters. The van der Waals surface area contributed by atoms with E-state index in [4.69, 9.17) is 11.5 Å². The topological polar surface area (TPSA) is 52.0 Å². The van der Waals surface area contributed by atoms with Gasteiger partial charge in [-0.1, -0.05) is 126 Å². The van der Waals surface area contributed by atoms with Gasteiger partial charge in [0.15, 0.2) is 0 Å². The van der Waals surface area contributed by atoms with E-state index in [2.05, 4.69) is 113 Å². The van der Waals surface area contributed by atoms with Crippen LogP contribution in [0.2, 0.25) is 0 Å². The normalized spacial score (nSPS) is 12.7. The van der Waals surface area contributed by atoms with Gasteiger partial charge >= 0.3 is 0 Å². The number of benzene rings is 4. The van der Waals surface area contributed by atoms with E-state index >= 15 is 0 Å². The van der Waals surface area contributed by atoms with E-state index in [9.17, 15) is 0 Å². The van der Waals surface area contributed by atoms with Crippen molar-refractivity contribution in [2.75, 3.05) is 11.5 Å². The molecule has 0 amide bonds. The van der Waals surface area contributed by atoms with Gasteiger partial charge in [0.1, 0.15) is 0 Å². The first-order valence-corrected chi connectivity index (χ1v) is 17.3. The minimum absolute atomic E-state index is 0.425. The van der Waals surface area contributed by atoms with E-state index in [1.807, 2.05) is 0 Å². The molecule has 0 bridgehead atoms. The van der Waals surface area contributed by atoms with Gasteiger partial charge in [0.05, 0.1) is 0 Å². The molecule has 0 aliphatic heterocycles. The average molecular weight is 589 g/mol. The van der Waals surface area contributed by atoms with Crippen molar-refractivity contribution in [1.29, 1.82) is 0 Å². The number of nitrogen functional groups attached to an aromatic ring is 2. The highest BCUT2D eigenvalue weighted by Gasteiger charge is 2.18. The van der Waals surface area contributed by atoms with E-state index in [-0.39, 0.29) is 0 Å². The van der Waals surface area contributed by atoms with Crippen molar-refractivity contribution in [3.63, 3.8) is 0 Å². The van der Waals surface area contributed by atoms with Gasteiger partial charge in [-0.05, 0) is 108 Å². The highest BCUT2D eigenvalue weighted by molar-refractivity contribution is 5.49. The Bertz CT molecular complexity index is 1310. The van der Waals surface area contributed by atoms with Crippen LogP contribution in [0, 0.1) is 13.8 Å². The molecule has 0 heterocycles. The van der Waals surface area contributed by atoms with Crippen LogP contribution in [0.3, 0.4) is 0 Å². The molecule has 0 spiro atoms. The second kappa shape index (κ2) is 17.1. The van der Waals surface area contributed by atoms with E-state index < -0.39 is 0 Å². The minimum Gasteiger partial charge on any atom is -0.399 e. The van der Waals surface area contributed by atoms with Crippen LogP contribution in [-0.4, -0.2) is 0 Å². The number of rotatable bonds is 17. The zero-order valence-electron chi connectivity index (χ0n) is 27.9. The summed E-state index contributed by atoms with van der Waals surface area (Å²) in [5.41, 5.74) is 25.0. The van der Waals surface area contributed by atoms with Crippen molar-refractivity contribution >= 4 is 11.4 Å². The zero-order chi connectivity index (χ0) is 31.3. The van der Waals surface area contributed by atoms with Crippen LogP contribution in [0.15, 0.2) is 84.9 Å². The van der Waals surface area contributed by atoms with Crippen molar-refractivity contribution in [3.05, 3.63) is 129 Å². The molecule has 0 aliphatic carbocycles. The van der Waals surface area contributed by atoms with E-state index in [1.54, 1.807) is 0 Å². The first-order valence-electron chi connectivity index (χ1n) is 17.3. The van der Waals surface area contributed by atoms with Crippen molar-refractivity contribution < 1.29 is 0 Å². The second-order valence-corrected chi connectivity index (χ2v) is 13.0. The van der Waals surface area contributed by atoms with Gasteiger partial charge in [-0.15, -0.1) is 0 Å². The number of hydrogen-bond acceptors (Lipinski definition) is 2. The predicted molar refractivity (Wildman–Crippen MR) is 193 cm³/mol. The molecular weight excluding hydrogens is 532 g/mol. The molecule has 0 aliphatic rings. The van der Waals surface area contributed by atoms with Gasteiger partial charge in [0, 0.05) is 23.2 Å². The highest BCUT2D eigenvalue weighted by Crippen LogP contribution is 2.35. The van der Waals surface area contributed by atoms with E-state index in [0.717, 1.165) is 24.2 Å². The maximum atomic E-state index is 6.09. The first kappa shape index (κ1) is 33.4. The summed E-state index contributed by atoms with van der Waals surface area (Å²) in [7, 11) is 0. The van der Waals surface area contributed by atoms with Gasteiger partial charge in [-0.25, -0.2) is 0 Å². The first-order chi connectivity index (χ1) is 21.4. The Kier molecular flexibility index (Phi) is 13.0. The largest absolute Gasteiger partial charge is 0.399 e. The monoisotopic (exact) mass is 588 g/mol. The van der Waals surface area contributed by atoms with Gasteiger partial charge in [0.25, 0.3) is 0 Å². The zero-order valence-corrected chi connectivity index (χ0v) is 27.9. The van der Waals surface area contributed by atoms with Crippen LogP contribution in [-0.2, 0) is 12.8 Å². The number of anilines is 2. The van der Waals surface area contributed by atoms with Crippen LogP contribution in [0.25, 0.3) is 0 Å². The van der Waals surface area contributed by atoms with Crippen molar-refractivity contribution in [3.8, 4) is 0 Å². The van der Waals surface area contributed by atoms with E-state index in [0.29, 0.717) is 11.8 Å². The average Bonchev–Trinajstić information content (AvgIpc) is 3.02. The molecule has 0 saturated carbocycles. The minimum atomic E-state index is 0.425. The van der Waals surface area contributed by atoms with Gasteiger partial charge in [0.2, 0.25) is 0 Å². The molecule has 4 aromatic rings. The Morgan fingerprint density at radius 3 is 1.20 bits per heavy atom. The SMILES string of the molecule is CCCCCCC(c1ccc(CCc2ccc(C(CCCCCC)c3ccc(N)cc3C)cc2)cc1)c1ccc(N)cc1C. The smallest absolute Gasteiger partial charge is 0.0316 e. The number of unbranched alkanes of at least 4 members (excludes halogenated alkanes) is 6. The van der Waals surface area contributed by atoms with Crippen molar-refractivity contribution in [1.82, 2.24) is 0 Å². The lowest BCUT2D eigenvalue weighted by Gasteiger charge is -2.21. The van der Waals surface area contributed by atoms with Crippen molar-refractivity contribution in [2.45, 2.75) is 117 Å². The lowest BCUT2D eigenvalue weighted by atomic mass is 9.83. The number of hydrogen-bond donors (Lipinski definition) is 2. The fourth-order valence-electron chi connectivity index (χ4n) is 6.86. The summed E-state index contributed by atoms with van der Waals surface area (Å²) in [5.74, 6) is 0.849. The summed E-state index contributed by atoms with van der Waals surface area (Å²) < 4.78 is 0. The Hall–Kier alpha value is -3.52. The second-order valence-electron chi connectivity index (χ2n) is 13.0. The molecule has 0 radical (unpaired) electrons. The quantitative estimate of drug-likeness (QED) is 0.0952. The Labute approximate surface area is 268 Å². The molecule has 0 aromatic heterocycles. The molecule has 234 valence electrons. The Balaban J connectivity index is 1.43. The summed E-state index contributed by atoms with van der Waals surface area (Å²) in [5, 5.41) is 0. The van der Waals surface area contributed by atoms with Crippen LogP contribution in [0.4, 0.5) is 11.4 Å². The van der Waals surface area contributed by atoms with Gasteiger partial charge in [-0.2, -0.15) is 0 Å². The molecule has 0 fully saturated rings. The van der Waals surface area contributed by atoms with E-state index in [1.165, 1.54) is 109 Å². The summed E-state index contributed by atoms with van der Waals surface area (Å²) in [4.78, 5) is 0. The molecular formula is C42H56N2. The lowest BCUT2D eigenvalue weighted by Crippen LogP contribution is -2.05. The number of nitrogens with two attached hydrogens (primary N) is 2. The summed E-state index contributed by atoms with van der Waals surface area (Å²) in [6, 6.07) is 31.8. The molecule has 2 atom stereocenters. The molecule has 4 aromatic carbocycles. The molecule has 44 heavy (non-hydrogen) atoms. The highest BCUT2D eigenvalue weighted by atomic mass is 14.5. The summed E-state index contributed by atoms with van der Waals surface area (Å²) in [6.45, 7) is 8.97. The Morgan fingerprint density at radius 1 is 0.477 bits per heavy atom. The lowest BCUT2D eigenvalue weighted by molar-refractivity contribution is 0.595. The van der Waals surface area contributed by atoms with Crippen LogP contribution >= 0.6 is 0 Å². The number of aryl methyl sites for hydroxylation is 4. The third-order valence-corrected chi connectivity index (χ3v) is 9.50. The Morgan fingerprint density at radius 2 is 0.864 bits per heavy atom. The predicted octanol–water partition coefficient (Wildman–Crippen LogP) is 11.5. The maximum absolute atomic E-state index is 6.09.